The van der Waals surface area contributed by atoms with Gasteiger partial charge in [-0.2, -0.15) is 5.10 Å². The molecule has 0 aliphatic heterocycles. The minimum Gasteiger partial charge on any atom is -0.305 e. The molecule has 3 aromatic rings. The maximum absolute atomic E-state index is 12.4. The van der Waals surface area contributed by atoms with Gasteiger partial charge in [0.05, 0.1) is 22.2 Å². The largest absolute Gasteiger partial charge is 0.305 e. The molecule has 8 heteroatoms. The molecule has 0 aliphatic rings. The van der Waals surface area contributed by atoms with Crippen molar-refractivity contribution in [1.82, 2.24) is 9.78 Å². The van der Waals surface area contributed by atoms with Crippen molar-refractivity contribution in [2.24, 2.45) is 0 Å². The number of aromatic nitrogens is 2. The van der Waals surface area contributed by atoms with Crippen LogP contribution >= 0.6 is 46.4 Å². The highest BCUT2D eigenvalue weighted by molar-refractivity contribution is 6.44. The van der Waals surface area contributed by atoms with Crippen LogP contribution in [0.1, 0.15) is 21.6 Å². The molecule has 0 saturated carbocycles. The standard InChI is InChI=1S/C18H13Cl4N3O/c1-10-8-16(23-18(26)11-4-2-7-15(21)17(11)22)24-25(10)9-12-13(19)5-3-6-14(12)20/h2-8H,9H2,1H3,(H,23,24,26). The van der Waals surface area contributed by atoms with Gasteiger partial charge in [-0.05, 0) is 31.2 Å². The smallest absolute Gasteiger partial charge is 0.258 e. The Morgan fingerprint density at radius 1 is 1.04 bits per heavy atom. The molecular formula is C18H13Cl4N3O. The number of aryl methyl sites for hydroxylation is 1. The summed E-state index contributed by atoms with van der Waals surface area (Å²) in [6, 6.07) is 11.9. The van der Waals surface area contributed by atoms with E-state index in [1.54, 1.807) is 47.1 Å². The third kappa shape index (κ3) is 3.99. The van der Waals surface area contributed by atoms with Crippen LogP contribution < -0.4 is 5.32 Å². The molecule has 134 valence electrons. The second-order valence-corrected chi connectivity index (χ2v) is 7.18. The quantitative estimate of drug-likeness (QED) is 0.545. The van der Waals surface area contributed by atoms with Crippen LogP contribution in [0.3, 0.4) is 0 Å². The van der Waals surface area contributed by atoms with Crippen molar-refractivity contribution in [2.75, 3.05) is 5.32 Å². The normalized spacial score (nSPS) is 10.8. The molecule has 1 N–H and O–H groups in total. The summed E-state index contributed by atoms with van der Waals surface area (Å²) in [6.07, 6.45) is 0. The first-order valence-corrected chi connectivity index (χ1v) is 9.10. The van der Waals surface area contributed by atoms with Crippen LogP contribution in [0.25, 0.3) is 0 Å². The van der Waals surface area contributed by atoms with Crippen LogP contribution in [-0.2, 0) is 6.54 Å². The maximum Gasteiger partial charge on any atom is 0.258 e. The van der Waals surface area contributed by atoms with E-state index in [4.69, 9.17) is 46.4 Å². The third-order valence-electron chi connectivity index (χ3n) is 3.79. The number of hydrogen-bond acceptors (Lipinski definition) is 2. The van der Waals surface area contributed by atoms with Gasteiger partial charge in [0.2, 0.25) is 0 Å². The molecular weight excluding hydrogens is 416 g/mol. The van der Waals surface area contributed by atoms with E-state index in [-0.39, 0.29) is 10.6 Å². The zero-order valence-electron chi connectivity index (χ0n) is 13.6. The summed E-state index contributed by atoms with van der Waals surface area (Å²) in [5, 5.41) is 8.75. The lowest BCUT2D eigenvalue weighted by Crippen LogP contribution is -2.13. The number of anilines is 1. The lowest BCUT2D eigenvalue weighted by molar-refractivity contribution is 0.102. The zero-order chi connectivity index (χ0) is 18.8. The van der Waals surface area contributed by atoms with E-state index >= 15 is 0 Å². The monoisotopic (exact) mass is 427 g/mol. The van der Waals surface area contributed by atoms with Gasteiger partial charge in [0, 0.05) is 27.4 Å². The van der Waals surface area contributed by atoms with E-state index in [0.29, 0.717) is 27.4 Å². The fraction of sp³-hybridized carbons (Fsp3) is 0.111. The van der Waals surface area contributed by atoms with Gasteiger partial charge in [-0.3, -0.25) is 9.48 Å². The van der Waals surface area contributed by atoms with E-state index in [2.05, 4.69) is 10.4 Å². The van der Waals surface area contributed by atoms with Crippen molar-refractivity contribution >= 4 is 58.1 Å². The maximum atomic E-state index is 12.4. The lowest BCUT2D eigenvalue weighted by atomic mass is 10.2. The minimum absolute atomic E-state index is 0.200. The van der Waals surface area contributed by atoms with Crippen LogP contribution in [0.15, 0.2) is 42.5 Å². The average molecular weight is 429 g/mol. The van der Waals surface area contributed by atoms with Gasteiger partial charge in [-0.25, -0.2) is 0 Å². The Morgan fingerprint density at radius 2 is 1.65 bits per heavy atom. The molecule has 0 radical (unpaired) electrons. The Kier molecular flexibility index (Phi) is 5.78. The molecule has 4 nitrogen and oxygen atoms in total. The Balaban J connectivity index is 1.82. The molecule has 26 heavy (non-hydrogen) atoms. The molecule has 2 aromatic carbocycles. The fourth-order valence-corrected chi connectivity index (χ4v) is 3.33. The number of benzene rings is 2. The van der Waals surface area contributed by atoms with E-state index in [1.807, 2.05) is 6.92 Å². The first kappa shape index (κ1) is 19.1. The Morgan fingerprint density at radius 3 is 2.35 bits per heavy atom. The third-order valence-corrected chi connectivity index (χ3v) is 5.32. The molecule has 0 atom stereocenters. The average Bonchev–Trinajstić information content (AvgIpc) is 2.92. The van der Waals surface area contributed by atoms with E-state index < -0.39 is 5.91 Å². The molecule has 1 heterocycles. The SMILES string of the molecule is Cc1cc(NC(=O)c2cccc(Cl)c2Cl)nn1Cc1c(Cl)cccc1Cl. The second-order valence-electron chi connectivity index (χ2n) is 5.58. The van der Waals surface area contributed by atoms with Crippen LogP contribution in [0.5, 0.6) is 0 Å². The highest BCUT2D eigenvalue weighted by atomic mass is 35.5. The van der Waals surface area contributed by atoms with E-state index in [9.17, 15) is 4.79 Å². The number of carbonyl (C=O) groups is 1. The molecule has 3 rings (SSSR count). The first-order valence-electron chi connectivity index (χ1n) is 7.59. The number of amides is 1. The van der Waals surface area contributed by atoms with Crippen molar-refractivity contribution in [3.63, 3.8) is 0 Å². The second kappa shape index (κ2) is 7.89. The summed E-state index contributed by atoms with van der Waals surface area (Å²) in [5.74, 6) is 0.00430. The lowest BCUT2D eigenvalue weighted by Gasteiger charge is -2.08. The predicted octanol–water partition coefficient (Wildman–Crippen LogP) is 6.11. The topological polar surface area (TPSA) is 46.9 Å². The molecule has 1 aromatic heterocycles. The van der Waals surface area contributed by atoms with Crippen molar-refractivity contribution < 1.29 is 4.79 Å². The fourth-order valence-electron chi connectivity index (χ4n) is 2.43. The van der Waals surface area contributed by atoms with Gasteiger partial charge >= 0.3 is 0 Å². The van der Waals surface area contributed by atoms with Gasteiger partial charge in [0.15, 0.2) is 5.82 Å². The van der Waals surface area contributed by atoms with Gasteiger partial charge in [-0.15, -0.1) is 0 Å². The summed E-state index contributed by atoms with van der Waals surface area (Å²) in [5.41, 5.74) is 1.88. The van der Waals surface area contributed by atoms with Crippen molar-refractivity contribution in [2.45, 2.75) is 13.5 Å². The molecule has 0 fully saturated rings. The predicted molar refractivity (Wildman–Crippen MR) is 107 cm³/mol. The molecule has 1 amide bonds. The van der Waals surface area contributed by atoms with Gasteiger partial charge in [0.25, 0.3) is 5.91 Å². The molecule has 0 unspecified atom stereocenters. The van der Waals surface area contributed by atoms with Crippen LogP contribution in [0.4, 0.5) is 5.82 Å². The Bertz CT molecular complexity index is 964. The van der Waals surface area contributed by atoms with E-state index in [1.165, 1.54) is 0 Å². The van der Waals surface area contributed by atoms with Gasteiger partial charge < -0.3 is 5.32 Å². The van der Waals surface area contributed by atoms with E-state index in [0.717, 1.165) is 11.3 Å². The van der Waals surface area contributed by atoms with Gasteiger partial charge in [-0.1, -0.05) is 58.5 Å². The van der Waals surface area contributed by atoms with Crippen LogP contribution in [-0.4, -0.2) is 15.7 Å². The summed E-state index contributed by atoms with van der Waals surface area (Å²) in [6.45, 7) is 2.26. The zero-order valence-corrected chi connectivity index (χ0v) is 16.6. The number of rotatable bonds is 4. The first-order chi connectivity index (χ1) is 12.4. The Hall–Kier alpha value is -1.72. The summed E-state index contributed by atoms with van der Waals surface area (Å²) in [7, 11) is 0. The number of nitrogens with zero attached hydrogens (tertiary/aromatic N) is 2. The summed E-state index contributed by atoms with van der Waals surface area (Å²) >= 11 is 24.5. The molecule has 0 aliphatic carbocycles. The van der Waals surface area contributed by atoms with Crippen LogP contribution in [0, 0.1) is 6.92 Å². The summed E-state index contributed by atoms with van der Waals surface area (Å²) in [4.78, 5) is 12.4. The number of carbonyl (C=O) groups excluding carboxylic acids is 1. The Labute approximate surface area is 170 Å². The van der Waals surface area contributed by atoms with Crippen LogP contribution in [0.2, 0.25) is 20.1 Å². The minimum atomic E-state index is -0.391. The van der Waals surface area contributed by atoms with Crippen molar-refractivity contribution in [3.8, 4) is 0 Å². The highest BCUT2D eigenvalue weighted by Gasteiger charge is 2.15. The molecule has 0 bridgehead atoms. The van der Waals surface area contributed by atoms with Crippen molar-refractivity contribution in [1.29, 1.82) is 0 Å². The summed E-state index contributed by atoms with van der Waals surface area (Å²) < 4.78 is 1.71. The number of hydrogen-bond donors (Lipinski definition) is 1. The van der Waals surface area contributed by atoms with Gasteiger partial charge in [0.1, 0.15) is 0 Å². The molecule has 0 saturated heterocycles. The number of halogens is 4. The molecule has 0 spiro atoms. The highest BCUT2D eigenvalue weighted by Crippen LogP contribution is 2.27. The number of nitrogens with one attached hydrogen (secondary N) is 1. The van der Waals surface area contributed by atoms with Crippen molar-refractivity contribution in [3.05, 3.63) is 79.4 Å².